The SMILES string of the molecule is CC(C)C(=O)C1COC1. The van der Waals surface area contributed by atoms with Crippen LogP contribution < -0.4 is 0 Å². The number of rotatable bonds is 2. The highest BCUT2D eigenvalue weighted by Gasteiger charge is 2.27. The Balaban J connectivity index is 2.32. The smallest absolute Gasteiger partial charge is 0.143 e. The average Bonchev–Trinajstić information content (AvgIpc) is 1.60. The molecule has 0 spiro atoms. The molecule has 0 bridgehead atoms. The fourth-order valence-corrected chi connectivity index (χ4v) is 0.871. The number of ether oxygens (including phenoxy) is 1. The summed E-state index contributed by atoms with van der Waals surface area (Å²) in [5.41, 5.74) is 0. The molecule has 0 aromatic carbocycles. The van der Waals surface area contributed by atoms with Crippen LogP contribution in [0.3, 0.4) is 0 Å². The van der Waals surface area contributed by atoms with Crippen LogP contribution in [0, 0.1) is 11.8 Å². The molecule has 1 heterocycles. The lowest BCUT2D eigenvalue weighted by Crippen LogP contribution is -2.36. The van der Waals surface area contributed by atoms with Gasteiger partial charge >= 0.3 is 0 Å². The summed E-state index contributed by atoms with van der Waals surface area (Å²) in [6.07, 6.45) is 0. The van der Waals surface area contributed by atoms with Gasteiger partial charge in [0.1, 0.15) is 5.78 Å². The Kier molecular flexibility index (Phi) is 1.86. The highest BCUT2D eigenvalue weighted by molar-refractivity contribution is 5.83. The van der Waals surface area contributed by atoms with E-state index in [0.717, 1.165) is 0 Å². The van der Waals surface area contributed by atoms with Gasteiger partial charge in [0.15, 0.2) is 0 Å². The molecule has 0 aromatic heterocycles. The zero-order valence-electron chi connectivity index (χ0n) is 5.89. The quantitative estimate of drug-likeness (QED) is 0.551. The second-order valence-corrected chi connectivity index (χ2v) is 2.79. The molecule has 0 radical (unpaired) electrons. The number of carbonyl (C=O) groups excluding carboxylic acids is 1. The summed E-state index contributed by atoms with van der Waals surface area (Å²) in [6, 6.07) is 0. The molecule has 1 aliphatic rings. The number of hydrogen-bond donors (Lipinski definition) is 0. The standard InChI is InChI=1S/C7H12O2/c1-5(2)7(8)6-3-9-4-6/h5-6H,3-4H2,1-2H3. The van der Waals surface area contributed by atoms with Crippen molar-refractivity contribution in [1.29, 1.82) is 0 Å². The highest BCUT2D eigenvalue weighted by atomic mass is 16.5. The third-order valence-electron chi connectivity index (χ3n) is 1.61. The lowest BCUT2D eigenvalue weighted by Gasteiger charge is -2.25. The van der Waals surface area contributed by atoms with Crippen molar-refractivity contribution in [3.63, 3.8) is 0 Å². The third-order valence-corrected chi connectivity index (χ3v) is 1.61. The van der Waals surface area contributed by atoms with Crippen LogP contribution in [0.2, 0.25) is 0 Å². The lowest BCUT2D eigenvalue weighted by molar-refractivity contribution is -0.139. The molecule has 2 nitrogen and oxygen atoms in total. The van der Waals surface area contributed by atoms with Crippen molar-refractivity contribution < 1.29 is 9.53 Å². The van der Waals surface area contributed by atoms with Gasteiger partial charge in [0.2, 0.25) is 0 Å². The van der Waals surface area contributed by atoms with Crippen LogP contribution in [-0.2, 0) is 9.53 Å². The average molecular weight is 128 g/mol. The van der Waals surface area contributed by atoms with Crippen molar-refractivity contribution >= 4 is 5.78 Å². The van der Waals surface area contributed by atoms with Crippen LogP contribution in [0.25, 0.3) is 0 Å². The summed E-state index contributed by atoms with van der Waals surface area (Å²) >= 11 is 0. The van der Waals surface area contributed by atoms with E-state index < -0.39 is 0 Å². The monoisotopic (exact) mass is 128 g/mol. The van der Waals surface area contributed by atoms with E-state index in [9.17, 15) is 4.79 Å². The van der Waals surface area contributed by atoms with Gasteiger partial charge in [-0.1, -0.05) is 13.8 Å². The maximum absolute atomic E-state index is 11.0. The first-order chi connectivity index (χ1) is 4.22. The van der Waals surface area contributed by atoms with E-state index >= 15 is 0 Å². The van der Waals surface area contributed by atoms with Gasteiger partial charge in [-0.2, -0.15) is 0 Å². The van der Waals surface area contributed by atoms with Gasteiger partial charge in [-0.15, -0.1) is 0 Å². The summed E-state index contributed by atoms with van der Waals surface area (Å²) in [6.45, 7) is 5.16. The zero-order valence-corrected chi connectivity index (χ0v) is 5.89. The molecule has 0 atom stereocenters. The summed E-state index contributed by atoms with van der Waals surface area (Å²) in [7, 11) is 0. The topological polar surface area (TPSA) is 26.3 Å². The molecule has 0 N–H and O–H groups in total. The Morgan fingerprint density at radius 2 is 2.11 bits per heavy atom. The third kappa shape index (κ3) is 1.30. The van der Waals surface area contributed by atoms with E-state index in [4.69, 9.17) is 4.74 Å². The van der Waals surface area contributed by atoms with Crippen molar-refractivity contribution in [2.75, 3.05) is 13.2 Å². The molecule has 2 heteroatoms. The molecule has 1 saturated heterocycles. The van der Waals surface area contributed by atoms with E-state index in [1.807, 2.05) is 13.8 Å². The van der Waals surface area contributed by atoms with Crippen LogP contribution >= 0.6 is 0 Å². The van der Waals surface area contributed by atoms with E-state index in [-0.39, 0.29) is 11.8 Å². The first kappa shape index (κ1) is 6.75. The fourth-order valence-electron chi connectivity index (χ4n) is 0.871. The number of Topliss-reactive ketones (excluding diaryl/α,β-unsaturated/α-hetero) is 1. The van der Waals surface area contributed by atoms with E-state index in [0.29, 0.717) is 19.0 Å². The maximum Gasteiger partial charge on any atom is 0.143 e. The molecule has 52 valence electrons. The van der Waals surface area contributed by atoms with Crippen molar-refractivity contribution in [2.45, 2.75) is 13.8 Å². The molecule has 1 aliphatic heterocycles. The van der Waals surface area contributed by atoms with Crippen LogP contribution in [0.5, 0.6) is 0 Å². The Morgan fingerprint density at radius 1 is 1.56 bits per heavy atom. The number of ketones is 1. The summed E-state index contributed by atoms with van der Waals surface area (Å²) in [5, 5.41) is 0. The predicted molar refractivity (Wildman–Crippen MR) is 34.2 cm³/mol. The highest BCUT2D eigenvalue weighted by Crippen LogP contribution is 2.15. The minimum absolute atomic E-state index is 0.180. The Morgan fingerprint density at radius 3 is 2.22 bits per heavy atom. The molecular formula is C7H12O2. The molecule has 0 saturated carbocycles. The van der Waals surface area contributed by atoms with Gasteiger partial charge in [0.25, 0.3) is 0 Å². The molecular weight excluding hydrogens is 116 g/mol. The van der Waals surface area contributed by atoms with Gasteiger partial charge in [0.05, 0.1) is 19.1 Å². The van der Waals surface area contributed by atoms with Crippen LogP contribution in [0.15, 0.2) is 0 Å². The molecule has 0 aromatic rings. The van der Waals surface area contributed by atoms with Crippen LogP contribution in [0.4, 0.5) is 0 Å². The van der Waals surface area contributed by atoms with Crippen molar-refractivity contribution in [2.24, 2.45) is 11.8 Å². The zero-order chi connectivity index (χ0) is 6.85. The molecule has 1 fully saturated rings. The van der Waals surface area contributed by atoms with Gasteiger partial charge in [-0.25, -0.2) is 0 Å². The van der Waals surface area contributed by atoms with Crippen molar-refractivity contribution in [1.82, 2.24) is 0 Å². The van der Waals surface area contributed by atoms with Gasteiger partial charge in [0, 0.05) is 5.92 Å². The first-order valence-electron chi connectivity index (χ1n) is 3.33. The van der Waals surface area contributed by atoms with Crippen molar-refractivity contribution in [3.05, 3.63) is 0 Å². The Labute approximate surface area is 55.2 Å². The van der Waals surface area contributed by atoms with Crippen molar-refractivity contribution in [3.8, 4) is 0 Å². The minimum Gasteiger partial charge on any atom is -0.380 e. The summed E-state index contributed by atoms with van der Waals surface area (Å²) < 4.78 is 4.89. The Bertz CT molecular complexity index is 114. The largest absolute Gasteiger partial charge is 0.380 e. The van der Waals surface area contributed by atoms with Crippen LogP contribution in [0.1, 0.15) is 13.8 Å². The van der Waals surface area contributed by atoms with E-state index in [1.165, 1.54) is 0 Å². The second-order valence-electron chi connectivity index (χ2n) is 2.79. The first-order valence-corrected chi connectivity index (χ1v) is 3.33. The molecule has 9 heavy (non-hydrogen) atoms. The van der Waals surface area contributed by atoms with E-state index in [2.05, 4.69) is 0 Å². The van der Waals surface area contributed by atoms with Gasteiger partial charge < -0.3 is 4.74 Å². The Hall–Kier alpha value is -0.370. The van der Waals surface area contributed by atoms with Gasteiger partial charge in [-0.3, -0.25) is 4.79 Å². The summed E-state index contributed by atoms with van der Waals surface area (Å²) in [5.74, 6) is 0.741. The fraction of sp³-hybridized carbons (Fsp3) is 0.857. The molecule has 0 amide bonds. The predicted octanol–water partition coefficient (Wildman–Crippen LogP) is 0.858. The molecule has 0 unspecified atom stereocenters. The summed E-state index contributed by atoms with van der Waals surface area (Å²) in [4.78, 5) is 11.0. The van der Waals surface area contributed by atoms with Crippen LogP contribution in [-0.4, -0.2) is 19.0 Å². The maximum atomic E-state index is 11.0. The lowest BCUT2D eigenvalue weighted by atomic mass is 9.94. The van der Waals surface area contributed by atoms with Gasteiger partial charge in [-0.05, 0) is 0 Å². The molecule has 0 aliphatic carbocycles. The normalized spacial score (nSPS) is 19.9. The molecule has 1 rings (SSSR count). The number of carbonyl (C=O) groups is 1. The van der Waals surface area contributed by atoms with E-state index in [1.54, 1.807) is 0 Å². The minimum atomic E-state index is 0.180. The second kappa shape index (κ2) is 2.48. The number of hydrogen-bond acceptors (Lipinski definition) is 2.